The minimum atomic E-state index is -1.05. The molecule has 1 aliphatic heterocycles. The number of methoxy groups -OCH3 is 1. The van der Waals surface area contributed by atoms with Crippen LogP contribution in [0.3, 0.4) is 0 Å². The first-order valence-corrected chi connectivity index (χ1v) is 8.04. The predicted molar refractivity (Wildman–Crippen MR) is 93.4 cm³/mol. The number of carbonyl (C=O) groups is 1. The highest BCUT2D eigenvalue weighted by Gasteiger charge is 2.26. The third-order valence-electron chi connectivity index (χ3n) is 4.23. The standard InChI is InChI=1S/C19H20N2O4/c1-11-18(21-12(2)25-11)14-6-4-13(5-7-14)8-15-9-16(19(22)23)20-10-17(15)24-3/h4-7,9-11,18H,8H2,1-3H3,(H,22,23). The summed E-state index contributed by atoms with van der Waals surface area (Å²) in [6.07, 6.45) is 2.04. The molecule has 0 bridgehead atoms. The number of aromatic carboxylic acids is 1. The van der Waals surface area contributed by atoms with Crippen molar-refractivity contribution in [3.8, 4) is 5.75 Å². The second kappa shape index (κ2) is 6.93. The Morgan fingerprint density at radius 2 is 2.04 bits per heavy atom. The van der Waals surface area contributed by atoms with Gasteiger partial charge in [-0.1, -0.05) is 24.3 Å². The molecule has 25 heavy (non-hydrogen) atoms. The quantitative estimate of drug-likeness (QED) is 0.903. The van der Waals surface area contributed by atoms with E-state index in [4.69, 9.17) is 14.6 Å². The van der Waals surface area contributed by atoms with Crippen LogP contribution in [0, 0.1) is 0 Å². The smallest absolute Gasteiger partial charge is 0.354 e. The normalized spacial score (nSPS) is 19.2. The van der Waals surface area contributed by atoms with Crippen LogP contribution in [-0.4, -0.2) is 35.2 Å². The lowest BCUT2D eigenvalue weighted by molar-refractivity contribution is 0.0690. The van der Waals surface area contributed by atoms with E-state index in [1.165, 1.54) is 6.20 Å². The molecule has 2 atom stereocenters. The highest BCUT2D eigenvalue weighted by molar-refractivity contribution is 5.85. The molecule has 130 valence electrons. The lowest BCUT2D eigenvalue weighted by Crippen LogP contribution is -2.11. The molecule has 1 aliphatic rings. The summed E-state index contributed by atoms with van der Waals surface area (Å²) in [4.78, 5) is 19.5. The summed E-state index contributed by atoms with van der Waals surface area (Å²) >= 11 is 0. The second-order valence-corrected chi connectivity index (χ2v) is 6.02. The van der Waals surface area contributed by atoms with E-state index in [0.29, 0.717) is 18.1 Å². The number of carboxylic acids is 1. The van der Waals surface area contributed by atoms with E-state index in [2.05, 4.69) is 9.98 Å². The van der Waals surface area contributed by atoms with Gasteiger partial charge in [0.05, 0.1) is 13.3 Å². The molecule has 2 aromatic rings. The molecule has 1 N–H and O–H groups in total. The molecular formula is C19H20N2O4. The summed E-state index contributed by atoms with van der Waals surface area (Å²) in [5.74, 6) is 0.235. The number of benzene rings is 1. The fourth-order valence-electron chi connectivity index (χ4n) is 2.99. The van der Waals surface area contributed by atoms with Crippen LogP contribution in [0.5, 0.6) is 5.75 Å². The number of hydrogen-bond acceptors (Lipinski definition) is 5. The van der Waals surface area contributed by atoms with Crippen molar-refractivity contribution in [1.82, 2.24) is 4.98 Å². The Bertz CT molecular complexity index is 815. The summed E-state index contributed by atoms with van der Waals surface area (Å²) in [7, 11) is 1.55. The van der Waals surface area contributed by atoms with Crippen LogP contribution in [-0.2, 0) is 11.2 Å². The molecule has 1 aromatic heterocycles. The molecule has 1 aromatic carbocycles. The summed E-state index contributed by atoms with van der Waals surface area (Å²) in [6.45, 7) is 3.87. The maximum Gasteiger partial charge on any atom is 0.354 e. The third-order valence-corrected chi connectivity index (χ3v) is 4.23. The Balaban J connectivity index is 1.82. The van der Waals surface area contributed by atoms with Crippen molar-refractivity contribution in [2.75, 3.05) is 7.11 Å². The summed E-state index contributed by atoms with van der Waals surface area (Å²) in [5, 5.41) is 9.12. The van der Waals surface area contributed by atoms with Crippen LogP contribution >= 0.6 is 0 Å². The number of nitrogens with zero attached hydrogens (tertiary/aromatic N) is 2. The van der Waals surface area contributed by atoms with E-state index >= 15 is 0 Å². The molecule has 0 amide bonds. The fourth-order valence-corrected chi connectivity index (χ4v) is 2.99. The Morgan fingerprint density at radius 3 is 2.60 bits per heavy atom. The van der Waals surface area contributed by atoms with Gasteiger partial charge >= 0.3 is 5.97 Å². The van der Waals surface area contributed by atoms with Gasteiger partial charge in [0.2, 0.25) is 0 Å². The maximum atomic E-state index is 11.1. The van der Waals surface area contributed by atoms with Gasteiger partial charge in [0, 0.05) is 18.9 Å². The van der Waals surface area contributed by atoms with Gasteiger partial charge in [0.1, 0.15) is 23.6 Å². The molecule has 0 aliphatic carbocycles. The summed E-state index contributed by atoms with van der Waals surface area (Å²) in [5.41, 5.74) is 2.95. The van der Waals surface area contributed by atoms with Crippen LogP contribution in [0.4, 0.5) is 0 Å². The van der Waals surface area contributed by atoms with E-state index in [9.17, 15) is 4.79 Å². The molecule has 3 rings (SSSR count). The van der Waals surface area contributed by atoms with E-state index in [1.807, 2.05) is 38.1 Å². The number of ether oxygens (including phenoxy) is 2. The van der Waals surface area contributed by atoms with Gasteiger partial charge in [-0.15, -0.1) is 0 Å². The SMILES string of the molecule is COc1cnc(C(=O)O)cc1Cc1ccc(C2N=C(C)OC2C)cc1. The van der Waals surface area contributed by atoms with Gasteiger partial charge in [-0.25, -0.2) is 14.8 Å². The molecule has 0 spiro atoms. The Morgan fingerprint density at radius 1 is 1.32 bits per heavy atom. The van der Waals surface area contributed by atoms with E-state index in [-0.39, 0.29) is 17.8 Å². The minimum absolute atomic E-state index is 0.00848. The van der Waals surface area contributed by atoms with E-state index in [0.717, 1.165) is 16.7 Å². The van der Waals surface area contributed by atoms with Crippen molar-refractivity contribution in [2.24, 2.45) is 4.99 Å². The zero-order valence-corrected chi connectivity index (χ0v) is 14.4. The van der Waals surface area contributed by atoms with Crippen molar-refractivity contribution >= 4 is 11.9 Å². The first-order valence-electron chi connectivity index (χ1n) is 8.04. The molecule has 2 unspecified atom stereocenters. The van der Waals surface area contributed by atoms with Gasteiger partial charge in [-0.05, 0) is 24.1 Å². The van der Waals surface area contributed by atoms with Crippen molar-refractivity contribution < 1.29 is 19.4 Å². The molecule has 0 radical (unpaired) electrons. The van der Waals surface area contributed by atoms with Crippen LogP contribution in [0.2, 0.25) is 0 Å². The van der Waals surface area contributed by atoms with Gasteiger partial charge in [-0.3, -0.25) is 0 Å². The number of rotatable bonds is 5. The van der Waals surface area contributed by atoms with Crippen molar-refractivity contribution in [3.05, 3.63) is 58.9 Å². The van der Waals surface area contributed by atoms with Crippen LogP contribution in [0.1, 0.15) is 47.1 Å². The molecule has 0 fully saturated rings. The average molecular weight is 340 g/mol. The van der Waals surface area contributed by atoms with Crippen LogP contribution in [0.15, 0.2) is 41.5 Å². The lowest BCUT2D eigenvalue weighted by atomic mass is 9.99. The number of aliphatic imine (C=N–C) groups is 1. The zero-order valence-electron chi connectivity index (χ0n) is 14.4. The van der Waals surface area contributed by atoms with Crippen molar-refractivity contribution in [2.45, 2.75) is 32.4 Å². The second-order valence-electron chi connectivity index (χ2n) is 6.02. The largest absolute Gasteiger partial charge is 0.495 e. The minimum Gasteiger partial charge on any atom is -0.495 e. The van der Waals surface area contributed by atoms with E-state index < -0.39 is 5.97 Å². The first kappa shape index (κ1) is 17.0. The van der Waals surface area contributed by atoms with Crippen molar-refractivity contribution in [1.29, 1.82) is 0 Å². The molecule has 0 saturated carbocycles. The topological polar surface area (TPSA) is 81.0 Å². The van der Waals surface area contributed by atoms with Gasteiger partial charge in [-0.2, -0.15) is 0 Å². The monoisotopic (exact) mass is 340 g/mol. The predicted octanol–water partition coefficient (Wildman–Crippen LogP) is 3.26. The van der Waals surface area contributed by atoms with E-state index in [1.54, 1.807) is 13.2 Å². The first-order chi connectivity index (χ1) is 12.0. The van der Waals surface area contributed by atoms with Crippen molar-refractivity contribution in [3.63, 3.8) is 0 Å². The number of pyridine rings is 1. The number of hydrogen-bond donors (Lipinski definition) is 1. The molecule has 0 saturated heterocycles. The summed E-state index contributed by atoms with van der Waals surface area (Å²) in [6, 6.07) is 9.68. The highest BCUT2D eigenvalue weighted by atomic mass is 16.5. The van der Waals surface area contributed by atoms with Gasteiger partial charge in [0.25, 0.3) is 0 Å². The Hall–Kier alpha value is -2.89. The number of aromatic nitrogens is 1. The Kier molecular flexibility index (Phi) is 4.70. The molecule has 6 nitrogen and oxygen atoms in total. The third kappa shape index (κ3) is 3.63. The van der Waals surface area contributed by atoms with Crippen LogP contribution in [0.25, 0.3) is 0 Å². The highest BCUT2D eigenvalue weighted by Crippen LogP contribution is 2.29. The lowest BCUT2D eigenvalue weighted by Gasteiger charge is -2.14. The molecular weight excluding hydrogens is 320 g/mol. The van der Waals surface area contributed by atoms with Gasteiger partial charge < -0.3 is 14.6 Å². The molecule has 6 heteroatoms. The maximum absolute atomic E-state index is 11.1. The Labute approximate surface area is 146 Å². The average Bonchev–Trinajstić information content (AvgIpc) is 2.94. The zero-order chi connectivity index (χ0) is 18.0. The van der Waals surface area contributed by atoms with Crippen LogP contribution < -0.4 is 4.74 Å². The number of carboxylic acid groups (broad SMARTS) is 1. The fraction of sp³-hybridized carbons (Fsp3) is 0.316. The summed E-state index contributed by atoms with van der Waals surface area (Å²) < 4.78 is 10.9. The van der Waals surface area contributed by atoms with Gasteiger partial charge in [0.15, 0.2) is 5.90 Å². The molecule has 2 heterocycles.